The van der Waals surface area contributed by atoms with E-state index in [1.54, 1.807) is 18.2 Å². The first-order valence-corrected chi connectivity index (χ1v) is 8.01. The van der Waals surface area contributed by atoms with Gasteiger partial charge >= 0.3 is 0 Å². The zero-order valence-electron chi connectivity index (χ0n) is 10.9. The number of rotatable bonds is 3. The van der Waals surface area contributed by atoms with E-state index in [1.165, 1.54) is 6.20 Å². The number of H-pyrrole nitrogens is 1. The molecule has 2 heterocycles. The molecule has 1 fully saturated rings. The van der Waals surface area contributed by atoms with Gasteiger partial charge in [-0.3, -0.25) is 0 Å². The summed E-state index contributed by atoms with van der Waals surface area (Å²) in [5.41, 5.74) is 7.01. The van der Waals surface area contributed by atoms with Crippen LogP contribution in [0.2, 0.25) is 0 Å². The van der Waals surface area contributed by atoms with Gasteiger partial charge in [-0.1, -0.05) is 0 Å². The van der Waals surface area contributed by atoms with E-state index in [2.05, 4.69) is 9.71 Å². The van der Waals surface area contributed by atoms with Crippen LogP contribution in [-0.2, 0) is 14.8 Å². The summed E-state index contributed by atoms with van der Waals surface area (Å²) in [5.74, 6) is 0. The second-order valence-corrected chi connectivity index (χ2v) is 6.65. The van der Waals surface area contributed by atoms with Gasteiger partial charge < -0.3 is 15.5 Å². The molecule has 0 spiro atoms. The second-order valence-electron chi connectivity index (χ2n) is 4.97. The van der Waals surface area contributed by atoms with Crippen LogP contribution in [0.25, 0.3) is 10.9 Å². The van der Waals surface area contributed by atoms with Crippen molar-refractivity contribution in [3.8, 4) is 0 Å². The number of ether oxygens (including phenoxy) is 1. The Morgan fingerprint density at radius 3 is 2.80 bits per heavy atom. The number of nitrogens with two attached hydrogens (primary N) is 1. The van der Waals surface area contributed by atoms with E-state index in [-0.39, 0.29) is 10.9 Å². The molecule has 0 aliphatic carbocycles. The van der Waals surface area contributed by atoms with Crippen LogP contribution in [0.5, 0.6) is 0 Å². The summed E-state index contributed by atoms with van der Waals surface area (Å²) in [5, 5.41) is 0.652. The third-order valence-corrected chi connectivity index (χ3v) is 5.06. The molecule has 108 valence electrons. The Morgan fingerprint density at radius 2 is 2.05 bits per heavy atom. The number of sulfonamides is 1. The fourth-order valence-corrected chi connectivity index (χ4v) is 3.92. The van der Waals surface area contributed by atoms with E-state index < -0.39 is 10.0 Å². The van der Waals surface area contributed by atoms with Gasteiger partial charge in [0.1, 0.15) is 4.90 Å². The maximum Gasteiger partial charge on any atom is 0.242 e. The number of nitrogen functional groups attached to an aromatic ring is 1. The molecular weight excluding hydrogens is 278 g/mol. The zero-order chi connectivity index (χ0) is 14.2. The number of aromatic nitrogens is 1. The van der Waals surface area contributed by atoms with Crippen LogP contribution in [0.4, 0.5) is 5.69 Å². The first kappa shape index (κ1) is 13.4. The van der Waals surface area contributed by atoms with Crippen molar-refractivity contribution in [3.63, 3.8) is 0 Å². The van der Waals surface area contributed by atoms with Crippen LogP contribution in [-0.4, -0.2) is 32.7 Å². The Labute approximate surface area is 117 Å². The van der Waals surface area contributed by atoms with Crippen molar-refractivity contribution >= 4 is 26.6 Å². The van der Waals surface area contributed by atoms with E-state index in [0.717, 1.165) is 5.52 Å². The van der Waals surface area contributed by atoms with Gasteiger partial charge in [-0.15, -0.1) is 0 Å². The minimum atomic E-state index is -3.53. The lowest BCUT2D eigenvalue weighted by Gasteiger charge is -2.22. The van der Waals surface area contributed by atoms with Crippen LogP contribution in [0.15, 0.2) is 29.3 Å². The average Bonchev–Trinajstić information content (AvgIpc) is 2.83. The number of aromatic amines is 1. The maximum absolute atomic E-state index is 12.5. The van der Waals surface area contributed by atoms with Gasteiger partial charge in [0.2, 0.25) is 10.0 Å². The van der Waals surface area contributed by atoms with Gasteiger partial charge in [-0.2, -0.15) is 0 Å². The lowest BCUT2D eigenvalue weighted by molar-refractivity contribution is 0.0832. The van der Waals surface area contributed by atoms with Gasteiger partial charge in [0, 0.05) is 42.0 Å². The normalized spacial score (nSPS) is 17.6. The third kappa shape index (κ3) is 2.52. The summed E-state index contributed by atoms with van der Waals surface area (Å²) >= 11 is 0. The van der Waals surface area contributed by atoms with Crippen molar-refractivity contribution in [1.82, 2.24) is 9.71 Å². The Morgan fingerprint density at radius 1 is 1.30 bits per heavy atom. The molecule has 0 saturated carbocycles. The lowest BCUT2D eigenvalue weighted by Crippen LogP contribution is -2.38. The van der Waals surface area contributed by atoms with Crippen LogP contribution < -0.4 is 10.5 Å². The fraction of sp³-hybridized carbons (Fsp3) is 0.385. The zero-order valence-corrected chi connectivity index (χ0v) is 11.7. The first-order valence-electron chi connectivity index (χ1n) is 6.53. The molecule has 1 aliphatic heterocycles. The molecule has 0 radical (unpaired) electrons. The van der Waals surface area contributed by atoms with Crippen LogP contribution in [0, 0.1) is 0 Å². The minimum Gasteiger partial charge on any atom is -0.399 e. The number of nitrogens with one attached hydrogen (secondary N) is 2. The number of hydrogen-bond acceptors (Lipinski definition) is 4. The third-order valence-electron chi connectivity index (χ3n) is 3.50. The minimum absolute atomic E-state index is 0.0625. The maximum atomic E-state index is 12.5. The van der Waals surface area contributed by atoms with Crippen molar-refractivity contribution in [2.75, 3.05) is 18.9 Å². The smallest absolute Gasteiger partial charge is 0.242 e. The number of fused-ring (bicyclic) bond motifs is 1. The first-order chi connectivity index (χ1) is 9.56. The van der Waals surface area contributed by atoms with Crippen molar-refractivity contribution in [3.05, 3.63) is 24.4 Å². The highest BCUT2D eigenvalue weighted by atomic mass is 32.2. The SMILES string of the molecule is Nc1ccc2c(S(=O)(=O)NC3CCOCC3)c[nH]c2c1. The summed E-state index contributed by atoms with van der Waals surface area (Å²) < 4.78 is 32.9. The monoisotopic (exact) mass is 295 g/mol. The average molecular weight is 295 g/mol. The molecule has 1 aromatic heterocycles. The molecular formula is C13H17N3O3S. The van der Waals surface area contributed by atoms with E-state index in [4.69, 9.17) is 10.5 Å². The molecule has 7 heteroatoms. The Kier molecular flexibility index (Phi) is 3.41. The number of hydrogen-bond donors (Lipinski definition) is 3. The highest BCUT2D eigenvalue weighted by Gasteiger charge is 2.24. The van der Waals surface area contributed by atoms with Crippen LogP contribution in [0.3, 0.4) is 0 Å². The van der Waals surface area contributed by atoms with Gasteiger partial charge in [0.15, 0.2) is 0 Å². The van der Waals surface area contributed by atoms with E-state index in [1.807, 2.05) is 0 Å². The van der Waals surface area contributed by atoms with Crippen molar-refractivity contribution in [1.29, 1.82) is 0 Å². The highest BCUT2D eigenvalue weighted by molar-refractivity contribution is 7.89. The fourth-order valence-electron chi connectivity index (χ4n) is 2.44. The van der Waals surface area contributed by atoms with Crippen molar-refractivity contribution in [2.24, 2.45) is 0 Å². The lowest BCUT2D eigenvalue weighted by atomic mass is 10.1. The van der Waals surface area contributed by atoms with Gasteiger partial charge in [0.05, 0.1) is 0 Å². The van der Waals surface area contributed by atoms with Gasteiger partial charge in [0.25, 0.3) is 0 Å². The molecule has 0 unspecified atom stereocenters. The van der Waals surface area contributed by atoms with Crippen molar-refractivity contribution < 1.29 is 13.2 Å². The van der Waals surface area contributed by atoms with E-state index in [0.29, 0.717) is 37.1 Å². The summed E-state index contributed by atoms with van der Waals surface area (Å²) in [6.45, 7) is 1.19. The summed E-state index contributed by atoms with van der Waals surface area (Å²) in [6, 6.07) is 5.08. The molecule has 1 aliphatic rings. The predicted molar refractivity (Wildman–Crippen MR) is 76.9 cm³/mol. The van der Waals surface area contributed by atoms with Crippen LogP contribution in [0.1, 0.15) is 12.8 Å². The molecule has 1 saturated heterocycles. The highest BCUT2D eigenvalue weighted by Crippen LogP contribution is 2.25. The number of anilines is 1. The standard InChI is InChI=1S/C13H17N3O3S/c14-9-1-2-11-12(7-9)15-8-13(11)20(17,18)16-10-3-5-19-6-4-10/h1-2,7-8,10,15-16H,3-6,14H2. The van der Waals surface area contributed by atoms with Crippen molar-refractivity contribution in [2.45, 2.75) is 23.8 Å². The Hall–Kier alpha value is -1.57. The molecule has 2 aromatic rings. The van der Waals surface area contributed by atoms with E-state index >= 15 is 0 Å². The largest absolute Gasteiger partial charge is 0.399 e. The Balaban J connectivity index is 1.92. The molecule has 3 rings (SSSR count). The second kappa shape index (κ2) is 5.08. The predicted octanol–water partition coefficient (Wildman–Crippen LogP) is 1.21. The topological polar surface area (TPSA) is 97.2 Å². The molecule has 20 heavy (non-hydrogen) atoms. The summed E-state index contributed by atoms with van der Waals surface area (Å²) in [6.07, 6.45) is 2.91. The summed E-state index contributed by atoms with van der Waals surface area (Å²) in [4.78, 5) is 3.21. The quantitative estimate of drug-likeness (QED) is 0.741. The van der Waals surface area contributed by atoms with Gasteiger partial charge in [-0.25, -0.2) is 13.1 Å². The molecule has 0 amide bonds. The number of benzene rings is 1. The molecule has 1 aromatic carbocycles. The summed E-state index contributed by atoms with van der Waals surface area (Å²) in [7, 11) is -3.53. The molecule has 0 atom stereocenters. The molecule has 0 bridgehead atoms. The molecule has 4 N–H and O–H groups in total. The Bertz CT molecular complexity index is 718. The van der Waals surface area contributed by atoms with Crippen LogP contribution >= 0.6 is 0 Å². The van der Waals surface area contributed by atoms with E-state index in [9.17, 15) is 8.42 Å². The molecule has 6 nitrogen and oxygen atoms in total. The van der Waals surface area contributed by atoms with Gasteiger partial charge in [-0.05, 0) is 31.0 Å².